The van der Waals surface area contributed by atoms with Crippen LogP contribution in [0.3, 0.4) is 0 Å². The van der Waals surface area contributed by atoms with E-state index in [1.54, 1.807) is 43.3 Å². The van der Waals surface area contributed by atoms with Gasteiger partial charge in [0.25, 0.3) is 5.91 Å². The number of hydrogen-bond acceptors (Lipinski definition) is 4. The smallest absolute Gasteiger partial charge is 0.254 e. The fourth-order valence-corrected chi connectivity index (χ4v) is 5.48. The third kappa shape index (κ3) is 4.97. The predicted molar refractivity (Wildman–Crippen MR) is 124 cm³/mol. The highest BCUT2D eigenvalue weighted by Crippen LogP contribution is 2.35. The molecule has 2 aromatic carbocycles. The molecule has 1 atom stereocenters. The maximum absolute atomic E-state index is 13.0. The third-order valence-corrected chi connectivity index (χ3v) is 6.97. The van der Waals surface area contributed by atoms with Gasteiger partial charge in [0.15, 0.2) is 0 Å². The molecule has 0 saturated heterocycles. The van der Waals surface area contributed by atoms with Crippen LogP contribution in [-0.4, -0.2) is 50.5 Å². The van der Waals surface area contributed by atoms with Gasteiger partial charge in [-0.3, -0.25) is 13.9 Å². The first-order valence-corrected chi connectivity index (χ1v) is 12.3. The van der Waals surface area contributed by atoms with E-state index in [4.69, 9.17) is 23.2 Å². The molecule has 166 valence electrons. The van der Waals surface area contributed by atoms with Crippen molar-refractivity contribution in [3.63, 3.8) is 0 Å². The van der Waals surface area contributed by atoms with Gasteiger partial charge in [0, 0.05) is 18.2 Å². The van der Waals surface area contributed by atoms with E-state index < -0.39 is 15.9 Å². The van der Waals surface area contributed by atoms with Gasteiger partial charge in [-0.2, -0.15) is 0 Å². The molecule has 1 aliphatic heterocycles. The number of likely N-dealkylation sites (N-methyl/N-ethyl adjacent to an activating group) is 1. The van der Waals surface area contributed by atoms with Crippen LogP contribution in [0, 0.1) is 0 Å². The van der Waals surface area contributed by atoms with Crippen molar-refractivity contribution in [2.45, 2.75) is 26.3 Å². The molecule has 0 saturated carbocycles. The van der Waals surface area contributed by atoms with Crippen LogP contribution in [-0.2, 0) is 21.2 Å². The summed E-state index contributed by atoms with van der Waals surface area (Å²) < 4.78 is 25.5. The number of rotatable bonds is 6. The first kappa shape index (κ1) is 23.4. The topological polar surface area (TPSA) is 86.8 Å². The highest BCUT2D eigenvalue weighted by atomic mass is 35.5. The lowest BCUT2D eigenvalue weighted by atomic mass is 10.1. The van der Waals surface area contributed by atoms with E-state index >= 15 is 0 Å². The molecular weight excluding hydrogens is 461 g/mol. The Bertz CT molecular complexity index is 1120. The van der Waals surface area contributed by atoms with E-state index in [1.807, 2.05) is 6.92 Å². The minimum absolute atomic E-state index is 0.181. The molecule has 0 aliphatic carbocycles. The van der Waals surface area contributed by atoms with Crippen LogP contribution in [0.5, 0.6) is 0 Å². The quantitative estimate of drug-likeness (QED) is 0.676. The second-order valence-corrected chi connectivity index (χ2v) is 10.1. The summed E-state index contributed by atoms with van der Waals surface area (Å²) in [4.78, 5) is 26.9. The summed E-state index contributed by atoms with van der Waals surface area (Å²) in [5, 5.41) is 3.26. The molecule has 10 heteroatoms. The predicted octanol–water partition coefficient (Wildman–Crippen LogP) is 3.80. The number of benzene rings is 2. The fraction of sp³-hybridized carbons (Fsp3) is 0.333. The number of fused-ring (bicyclic) bond motifs is 1. The average Bonchev–Trinajstić information content (AvgIpc) is 3.03. The summed E-state index contributed by atoms with van der Waals surface area (Å²) in [6, 6.07) is 9.60. The molecule has 3 rings (SSSR count). The normalized spacial score (nSPS) is 15.5. The Morgan fingerprint density at radius 2 is 1.84 bits per heavy atom. The molecule has 0 unspecified atom stereocenters. The van der Waals surface area contributed by atoms with Crippen LogP contribution < -0.4 is 9.62 Å². The molecule has 0 fully saturated rings. The van der Waals surface area contributed by atoms with Crippen LogP contribution in [0.1, 0.15) is 29.8 Å². The summed E-state index contributed by atoms with van der Waals surface area (Å²) in [7, 11) is -3.41. The molecule has 1 aliphatic rings. The van der Waals surface area contributed by atoms with E-state index in [0.29, 0.717) is 39.9 Å². The zero-order valence-corrected chi connectivity index (χ0v) is 19.7. The number of carbonyl (C=O) groups is 2. The summed E-state index contributed by atoms with van der Waals surface area (Å²) in [6.07, 6.45) is 1.68. The van der Waals surface area contributed by atoms with E-state index in [1.165, 1.54) is 15.5 Å². The number of nitrogens with one attached hydrogen (secondary N) is 1. The first-order valence-electron chi connectivity index (χ1n) is 9.68. The minimum atomic E-state index is -3.41. The van der Waals surface area contributed by atoms with Crippen LogP contribution in [0.2, 0.25) is 10.0 Å². The molecule has 7 nitrogen and oxygen atoms in total. The van der Waals surface area contributed by atoms with Gasteiger partial charge in [-0.1, -0.05) is 29.3 Å². The molecule has 2 aromatic rings. The Morgan fingerprint density at radius 3 is 2.42 bits per heavy atom. The molecule has 0 bridgehead atoms. The van der Waals surface area contributed by atoms with Crippen LogP contribution in [0.25, 0.3) is 0 Å². The van der Waals surface area contributed by atoms with Crippen molar-refractivity contribution in [2.24, 2.45) is 0 Å². The number of sulfonamides is 1. The van der Waals surface area contributed by atoms with E-state index in [0.717, 1.165) is 5.56 Å². The number of amides is 2. The molecular formula is C21H23Cl2N3O4S. The van der Waals surface area contributed by atoms with Crippen LogP contribution in [0.4, 0.5) is 11.4 Å². The van der Waals surface area contributed by atoms with Crippen molar-refractivity contribution in [1.29, 1.82) is 0 Å². The largest absolute Gasteiger partial charge is 0.330 e. The van der Waals surface area contributed by atoms with Crippen molar-refractivity contribution < 1.29 is 18.0 Å². The fourth-order valence-electron chi connectivity index (χ4n) is 3.72. The van der Waals surface area contributed by atoms with Crippen LogP contribution in [0.15, 0.2) is 36.4 Å². The van der Waals surface area contributed by atoms with E-state index in [9.17, 15) is 18.0 Å². The van der Waals surface area contributed by atoms with Gasteiger partial charge in [-0.25, -0.2) is 8.42 Å². The number of para-hydroxylation sites is 1. The maximum Gasteiger partial charge on any atom is 0.254 e. The summed E-state index contributed by atoms with van der Waals surface area (Å²) in [6.45, 7) is 3.73. The Balaban J connectivity index is 1.77. The van der Waals surface area contributed by atoms with Gasteiger partial charge in [-0.05, 0) is 56.2 Å². The molecule has 0 spiro atoms. The lowest BCUT2D eigenvalue weighted by molar-refractivity contribution is -0.116. The maximum atomic E-state index is 13.0. The van der Waals surface area contributed by atoms with Gasteiger partial charge in [-0.15, -0.1) is 0 Å². The zero-order chi connectivity index (χ0) is 22.9. The summed E-state index contributed by atoms with van der Waals surface area (Å²) >= 11 is 12.2. The average molecular weight is 484 g/mol. The van der Waals surface area contributed by atoms with Crippen molar-refractivity contribution in [3.8, 4) is 0 Å². The second-order valence-electron chi connectivity index (χ2n) is 7.42. The zero-order valence-electron chi connectivity index (χ0n) is 17.4. The number of carbonyl (C=O) groups excluding carboxylic acids is 2. The minimum Gasteiger partial charge on any atom is -0.330 e. The standard InChI is InChI=1S/C21H23Cl2N3O4S/c1-4-25(12-19(27)24-20-16(22)6-5-7-17(20)23)21(28)14-8-9-18-15(11-14)10-13(2)26(18)31(3,29)30/h5-9,11,13H,4,10,12H2,1-3H3,(H,24,27)/t13-/m0/s1. The second kappa shape index (κ2) is 9.06. The SMILES string of the molecule is CCN(CC(=O)Nc1c(Cl)cccc1Cl)C(=O)c1ccc2c(c1)C[C@H](C)N2S(C)(=O)=O. The Kier molecular flexibility index (Phi) is 6.83. The molecule has 1 heterocycles. The lowest BCUT2D eigenvalue weighted by Gasteiger charge is -2.23. The number of anilines is 2. The van der Waals surface area contributed by atoms with Crippen molar-refractivity contribution >= 4 is 56.4 Å². The highest BCUT2D eigenvalue weighted by Gasteiger charge is 2.33. The molecule has 31 heavy (non-hydrogen) atoms. The summed E-state index contributed by atoms with van der Waals surface area (Å²) in [5.74, 6) is -0.751. The third-order valence-electron chi connectivity index (χ3n) is 5.07. The summed E-state index contributed by atoms with van der Waals surface area (Å²) in [5.41, 5.74) is 2.06. The molecule has 2 amide bonds. The van der Waals surface area contributed by atoms with Crippen LogP contribution >= 0.6 is 23.2 Å². The molecule has 0 radical (unpaired) electrons. The van der Waals surface area contributed by atoms with Gasteiger partial charge in [0.2, 0.25) is 15.9 Å². The first-order chi connectivity index (χ1) is 14.5. The van der Waals surface area contributed by atoms with Gasteiger partial charge >= 0.3 is 0 Å². The molecule has 1 N–H and O–H groups in total. The Hall–Kier alpha value is -2.29. The highest BCUT2D eigenvalue weighted by molar-refractivity contribution is 7.92. The number of hydrogen-bond donors (Lipinski definition) is 1. The van der Waals surface area contributed by atoms with Gasteiger partial charge in [0.05, 0.1) is 27.7 Å². The van der Waals surface area contributed by atoms with Gasteiger partial charge < -0.3 is 10.2 Å². The Morgan fingerprint density at radius 1 is 1.19 bits per heavy atom. The van der Waals surface area contributed by atoms with E-state index in [-0.39, 0.29) is 18.5 Å². The number of nitrogens with zero attached hydrogens (tertiary/aromatic N) is 2. The van der Waals surface area contributed by atoms with E-state index in [2.05, 4.69) is 5.32 Å². The molecule has 0 aromatic heterocycles. The lowest BCUT2D eigenvalue weighted by Crippen LogP contribution is -2.38. The number of halogens is 2. The van der Waals surface area contributed by atoms with Gasteiger partial charge in [0.1, 0.15) is 6.54 Å². The van der Waals surface area contributed by atoms with Crippen molar-refractivity contribution in [3.05, 3.63) is 57.6 Å². The monoisotopic (exact) mass is 483 g/mol. The van der Waals surface area contributed by atoms with Crippen molar-refractivity contribution in [2.75, 3.05) is 29.0 Å². The Labute approximate surface area is 192 Å². The van der Waals surface area contributed by atoms with Crippen molar-refractivity contribution in [1.82, 2.24) is 4.90 Å².